The van der Waals surface area contributed by atoms with Crippen LogP contribution in [-0.2, 0) is 9.59 Å². The molecule has 1 heterocycles. The number of nitrogens with one attached hydrogen (secondary N) is 1. The number of fused-ring (bicyclic) bond motifs is 5. The van der Waals surface area contributed by atoms with E-state index in [0.717, 1.165) is 50.1 Å². The van der Waals surface area contributed by atoms with Gasteiger partial charge in [-0.3, -0.25) is 14.5 Å². The molecule has 39 heavy (non-hydrogen) atoms. The van der Waals surface area contributed by atoms with Crippen LogP contribution >= 0.6 is 12.2 Å². The van der Waals surface area contributed by atoms with Crippen LogP contribution in [0.25, 0.3) is 0 Å². The second-order valence-electron chi connectivity index (χ2n) is 14.5. The second kappa shape index (κ2) is 10.8. The van der Waals surface area contributed by atoms with Gasteiger partial charge in [0.25, 0.3) is 0 Å². The molecule has 6 rings (SSSR count). The molecule has 0 spiro atoms. The van der Waals surface area contributed by atoms with Gasteiger partial charge in [-0.25, -0.2) is 0 Å². The third-order valence-electron chi connectivity index (χ3n) is 12.6. The first-order valence-corrected chi connectivity index (χ1v) is 16.8. The Morgan fingerprint density at radius 1 is 0.949 bits per heavy atom. The molecule has 0 aromatic heterocycles. The van der Waals surface area contributed by atoms with Gasteiger partial charge in [-0.15, -0.1) is 0 Å². The van der Waals surface area contributed by atoms with Crippen LogP contribution in [0.15, 0.2) is 11.8 Å². The lowest BCUT2D eigenvalue weighted by molar-refractivity contribution is -0.143. The Hall–Kier alpha value is -1.43. The normalized spacial score (nSPS) is 39.3. The predicted octanol–water partition coefficient (Wildman–Crippen LogP) is 6.96. The van der Waals surface area contributed by atoms with Crippen molar-refractivity contribution in [1.82, 2.24) is 15.1 Å². The van der Waals surface area contributed by atoms with E-state index in [1.54, 1.807) is 0 Å². The van der Waals surface area contributed by atoms with E-state index in [9.17, 15) is 9.59 Å². The van der Waals surface area contributed by atoms with Gasteiger partial charge < -0.3 is 10.2 Å². The number of hydrogen-bond acceptors (Lipinski definition) is 3. The van der Waals surface area contributed by atoms with Crippen LogP contribution in [-0.4, -0.2) is 45.9 Å². The number of carbonyl (C=O) groups is 2. The van der Waals surface area contributed by atoms with E-state index in [4.69, 9.17) is 12.2 Å². The third kappa shape index (κ3) is 4.69. The van der Waals surface area contributed by atoms with Crippen molar-refractivity contribution in [2.24, 2.45) is 34.5 Å². The summed E-state index contributed by atoms with van der Waals surface area (Å²) in [6, 6.07) is 0.695. The molecule has 216 valence electrons. The van der Waals surface area contributed by atoms with Crippen LogP contribution in [0.2, 0.25) is 0 Å². The van der Waals surface area contributed by atoms with Gasteiger partial charge in [0, 0.05) is 42.6 Å². The fourth-order valence-electron chi connectivity index (χ4n) is 10.4. The Balaban J connectivity index is 1.24. The zero-order valence-corrected chi connectivity index (χ0v) is 25.5. The van der Waals surface area contributed by atoms with Crippen LogP contribution in [0, 0.1) is 34.5 Å². The lowest BCUT2D eigenvalue weighted by Gasteiger charge is -2.58. The highest BCUT2D eigenvalue weighted by molar-refractivity contribution is 7.80. The minimum atomic E-state index is 0.0453. The maximum absolute atomic E-state index is 14.7. The first kappa shape index (κ1) is 27.7. The average molecular weight is 554 g/mol. The Labute approximate surface area is 241 Å². The van der Waals surface area contributed by atoms with Crippen LogP contribution in [0.5, 0.6) is 0 Å². The zero-order chi connectivity index (χ0) is 27.4. The number of allylic oxidation sites excluding steroid dienone is 2. The number of thiocarbonyl (C=S) groups is 1. The van der Waals surface area contributed by atoms with Crippen molar-refractivity contribution in [3.05, 3.63) is 11.8 Å². The standard InChI is InChI=1S/C33H51N3O2S/c1-32-20-18-26-24(14-17-28-33(26,2)21-19-29(37)35(28)3)25(32)15-16-27(32)30(38)36(23-12-8-5-9-13-23)31(39)34-22-10-6-4-7-11-22/h17,22-27H,4-16,18-21H2,1-3H3,(H,34,39)/t24?,25?,26?,27?,32-,33+/m0/s1. The van der Waals surface area contributed by atoms with Gasteiger partial charge in [-0.2, -0.15) is 0 Å². The van der Waals surface area contributed by atoms with Crippen LogP contribution in [0.3, 0.4) is 0 Å². The largest absolute Gasteiger partial charge is 0.359 e. The van der Waals surface area contributed by atoms with Crippen LogP contribution < -0.4 is 5.32 Å². The molecule has 0 radical (unpaired) electrons. The number of rotatable bonds is 3. The summed E-state index contributed by atoms with van der Waals surface area (Å²) in [5.74, 6) is 2.49. The Kier molecular flexibility index (Phi) is 7.65. The minimum Gasteiger partial charge on any atom is -0.359 e. The van der Waals surface area contributed by atoms with Crippen molar-refractivity contribution in [2.45, 2.75) is 135 Å². The van der Waals surface area contributed by atoms with E-state index in [1.807, 2.05) is 11.9 Å². The molecule has 6 aliphatic rings. The fourth-order valence-corrected chi connectivity index (χ4v) is 10.8. The summed E-state index contributed by atoms with van der Waals surface area (Å²) in [5, 5.41) is 4.42. The molecule has 2 amide bonds. The highest BCUT2D eigenvalue weighted by Gasteiger charge is 2.61. The van der Waals surface area contributed by atoms with Gasteiger partial charge >= 0.3 is 0 Å². The topological polar surface area (TPSA) is 52.7 Å². The molecule has 1 saturated heterocycles. The smallest absolute Gasteiger partial charge is 0.232 e. The summed E-state index contributed by atoms with van der Waals surface area (Å²) < 4.78 is 0. The summed E-state index contributed by atoms with van der Waals surface area (Å²) in [5.41, 5.74) is 1.41. The molecule has 4 saturated carbocycles. The van der Waals surface area contributed by atoms with Crippen molar-refractivity contribution in [3.8, 4) is 0 Å². The summed E-state index contributed by atoms with van der Waals surface area (Å²) in [6.45, 7) is 4.89. The molecule has 4 unspecified atom stereocenters. The number of piperidine rings is 1. The maximum Gasteiger partial charge on any atom is 0.232 e. The first-order chi connectivity index (χ1) is 18.7. The Morgan fingerprint density at radius 2 is 1.64 bits per heavy atom. The molecule has 5 nitrogen and oxygen atoms in total. The van der Waals surface area contributed by atoms with Gasteiger partial charge in [0.1, 0.15) is 0 Å². The molecule has 0 aromatic rings. The average Bonchev–Trinajstić information content (AvgIpc) is 3.29. The zero-order valence-electron chi connectivity index (χ0n) is 24.7. The van der Waals surface area contributed by atoms with E-state index in [-0.39, 0.29) is 28.7 Å². The number of carbonyl (C=O) groups excluding carboxylic acids is 2. The predicted molar refractivity (Wildman–Crippen MR) is 160 cm³/mol. The van der Waals surface area contributed by atoms with Crippen LogP contribution in [0.1, 0.15) is 123 Å². The van der Waals surface area contributed by atoms with Gasteiger partial charge in [0.2, 0.25) is 11.8 Å². The van der Waals surface area contributed by atoms with Crippen molar-refractivity contribution in [3.63, 3.8) is 0 Å². The first-order valence-electron chi connectivity index (χ1n) is 16.3. The molecule has 0 aromatic carbocycles. The van der Waals surface area contributed by atoms with E-state index < -0.39 is 0 Å². The highest BCUT2D eigenvalue weighted by Crippen LogP contribution is 2.66. The van der Waals surface area contributed by atoms with E-state index >= 15 is 0 Å². The molecule has 6 heteroatoms. The molecule has 1 N–H and O–H groups in total. The van der Waals surface area contributed by atoms with E-state index in [2.05, 4.69) is 30.1 Å². The molecule has 6 atom stereocenters. The molecule has 1 aliphatic heterocycles. The summed E-state index contributed by atoms with van der Waals surface area (Å²) in [4.78, 5) is 31.2. The van der Waals surface area contributed by atoms with Gasteiger partial charge in [-0.1, -0.05) is 58.4 Å². The van der Waals surface area contributed by atoms with Gasteiger partial charge in [-0.05, 0) is 99.6 Å². The summed E-state index contributed by atoms with van der Waals surface area (Å²) >= 11 is 6.08. The van der Waals surface area contributed by atoms with Gasteiger partial charge in [0.15, 0.2) is 5.11 Å². The van der Waals surface area contributed by atoms with E-state index in [0.29, 0.717) is 36.1 Å². The molecule has 0 bridgehead atoms. The number of hydrogen-bond donors (Lipinski definition) is 1. The summed E-state index contributed by atoms with van der Waals surface area (Å²) in [6.07, 6.45) is 21.6. The lowest BCUT2D eigenvalue weighted by Crippen LogP contribution is -2.57. The number of amides is 2. The number of likely N-dealkylation sites (tertiary alicyclic amines) is 1. The molecule has 5 fully saturated rings. The van der Waals surface area contributed by atoms with E-state index in [1.165, 1.54) is 63.5 Å². The van der Waals surface area contributed by atoms with Crippen molar-refractivity contribution < 1.29 is 9.59 Å². The maximum atomic E-state index is 14.7. The fraction of sp³-hybridized carbons (Fsp3) is 0.848. The molecular weight excluding hydrogens is 502 g/mol. The molecule has 5 aliphatic carbocycles. The van der Waals surface area contributed by atoms with Crippen molar-refractivity contribution in [1.29, 1.82) is 0 Å². The third-order valence-corrected chi connectivity index (χ3v) is 13.0. The second-order valence-corrected chi connectivity index (χ2v) is 14.9. The minimum absolute atomic E-state index is 0.0453. The summed E-state index contributed by atoms with van der Waals surface area (Å²) in [7, 11) is 1.98. The Bertz CT molecular complexity index is 1010. The van der Waals surface area contributed by atoms with Crippen molar-refractivity contribution >= 4 is 29.1 Å². The van der Waals surface area contributed by atoms with Gasteiger partial charge in [0.05, 0.1) is 0 Å². The van der Waals surface area contributed by atoms with Crippen LogP contribution in [0.4, 0.5) is 0 Å². The SMILES string of the molecule is CN1C(=O)CC[C@@]2(C)C1=CCC1C3CCC(C(=O)N(C(=S)NC4CCCCC4)C4CCCCC4)[C@@]3(C)CCC12. The lowest BCUT2D eigenvalue weighted by atomic mass is 9.49. The monoisotopic (exact) mass is 553 g/mol. The highest BCUT2D eigenvalue weighted by atomic mass is 32.1. The number of nitrogens with zero attached hydrogens (tertiary/aromatic N) is 2. The van der Waals surface area contributed by atoms with Crippen molar-refractivity contribution in [2.75, 3.05) is 7.05 Å². The quantitative estimate of drug-likeness (QED) is 0.384. The molecular formula is C33H51N3O2S. The Morgan fingerprint density at radius 3 is 2.36 bits per heavy atom.